The van der Waals surface area contributed by atoms with Gasteiger partial charge in [-0.3, -0.25) is 4.79 Å². The number of halogens is 2. The van der Waals surface area contributed by atoms with Crippen molar-refractivity contribution in [3.63, 3.8) is 0 Å². The highest BCUT2D eigenvalue weighted by atomic mass is 19.1. The molecule has 0 bridgehead atoms. The van der Waals surface area contributed by atoms with Crippen LogP contribution in [0, 0.1) is 11.6 Å². The van der Waals surface area contributed by atoms with Crippen LogP contribution in [-0.4, -0.2) is 30.9 Å². The lowest BCUT2D eigenvalue weighted by atomic mass is 10.2. The number of benzene rings is 2. The van der Waals surface area contributed by atoms with Gasteiger partial charge in [-0.1, -0.05) is 24.3 Å². The molecule has 0 aliphatic heterocycles. The number of carbonyl (C=O) groups excluding carboxylic acids is 1. The Morgan fingerprint density at radius 2 is 1.83 bits per heavy atom. The van der Waals surface area contributed by atoms with Crippen molar-refractivity contribution in [3.05, 3.63) is 65.7 Å². The second kappa shape index (κ2) is 7.72. The molecule has 0 atom stereocenters. The standard InChI is InChI=1S/C18H20F2N2O/c1-3-22(16-9-6-8-15(19)11-16)13-18(23)21(2)12-14-7-4-5-10-17(14)20/h4-11H,3,12-13H2,1-2H3. The van der Waals surface area contributed by atoms with Crippen LogP contribution in [0.5, 0.6) is 0 Å². The quantitative estimate of drug-likeness (QED) is 0.814. The summed E-state index contributed by atoms with van der Waals surface area (Å²) in [5, 5.41) is 0. The van der Waals surface area contributed by atoms with Crippen molar-refractivity contribution in [1.82, 2.24) is 4.90 Å². The summed E-state index contributed by atoms with van der Waals surface area (Å²) in [5.74, 6) is -0.822. The van der Waals surface area contributed by atoms with Gasteiger partial charge >= 0.3 is 0 Å². The molecule has 0 unspecified atom stereocenters. The minimum atomic E-state index is -0.340. The van der Waals surface area contributed by atoms with Crippen LogP contribution >= 0.6 is 0 Å². The summed E-state index contributed by atoms with van der Waals surface area (Å²) in [6, 6.07) is 12.5. The molecule has 0 fully saturated rings. The first-order chi connectivity index (χ1) is 11.0. The molecule has 0 aliphatic carbocycles. The Labute approximate surface area is 135 Å². The zero-order valence-electron chi connectivity index (χ0n) is 13.3. The Balaban J connectivity index is 2.03. The van der Waals surface area contributed by atoms with E-state index in [0.717, 1.165) is 0 Å². The summed E-state index contributed by atoms with van der Waals surface area (Å²) in [5.41, 5.74) is 1.12. The number of rotatable bonds is 6. The lowest BCUT2D eigenvalue weighted by molar-refractivity contribution is -0.129. The summed E-state index contributed by atoms with van der Waals surface area (Å²) >= 11 is 0. The molecular formula is C18H20F2N2O. The molecule has 2 rings (SSSR count). The van der Waals surface area contributed by atoms with Crippen LogP contribution < -0.4 is 4.90 Å². The molecule has 122 valence electrons. The highest BCUT2D eigenvalue weighted by molar-refractivity contribution is 5.81. The van der Waals surface area contributed by atoms with Gasteiger partial charge in [0.1, 0.15) is 11.6 Å². The predicted octanol–water partition coefficient (Wildman–Crippen LogP) is 3.45. The van der Waals surface area contributed by atoms with Crippen LogP contribution in [-0.2, 0) is 11.3 Å². The lowest BCUT2D eigenvalue weighted by Crippen LogP contribution is -2.38. The van der Waals surface area contributed by atoms with Crippen LogP contribution in [0.2, 0.25) is 0 Å². The number of anilines is 1. The molecule has 1 amide bonds. The van der Waals surface area contributed by atoms with Crippen molar-refractivity contribution in [2.75, 3.05) is 25.0 Å². The predicted molar refractivity (Wildman–Crippen MR) is 87.2 cm³/mol. The van der Waals surface area contributed by atoms with Gasteiger partial charge in [0.05, 0.1) is 6.54 Å². The summed E-state index contributed by atoms with van der Waals surface area (Å²) in [6.07, 6.45) is 0. The number of nitrogens with zero attached hydrogens (tertiary/aromatic N) is 2. The number of carbonyl (C=O) groups is 1. The Morgan fingerprint density at radius 3 is 2.48 bits per heavy atom. The summed E-state index contributed by atoms with van der Waals surface area (Å²) in [4.78, 5) is 15.6. The zero-order chi connectivity index (χ0) is 16.8. The van der Waals surface area contributed by atoms with Crippen LogP contribution in [0.15, 0.2) is 48.5 Å². The Kier molecular flexibility index (Phi) is 5.68. The van der Waals surface area contributed by atoms with Gasteiger partial charge in [-0.25, -0.2) is 8.78 Å². The molecule has 0 spiro atoms. The molecule has 0 radical (unpaired) electrons. The highest BCUT2D eigenvalue weighted by Gasteiger charge is 2.15. The number of likely N-dealkylation sites (N-methyl/N-ethyl adjacent to an activating group) is 2. The number of amides is 1. The van der Waals surface area contributed by atoms with Gasteiger partial charge < -0.3 is 9.80 Å². The van der Waals surface area contributed by atoms with E-state index in [9.17, 15) is 13.6 Å². The second-order valence-corrected chi connectivity index (χ2v) is 5.34. The van der Waals surface area contributed by atoms with Crippen LogP contribution in [0.1, 0.15) is 12.5 Å². The van der Waals surface area contributed by atoms with E-state index in [0.29, 0.717) is 17.8 Å². The largest absolute Gasteiger partial charge is 0.362 e. The fourth-order valence-electron chi connectivity index (χ4n) is 2.31. The van der Waals surface area contributed by atoms with E-state index in [1.807, 2.05) is 6.92 Å². The molecule has 23 heavy (non-hydrogen) atoms. The van der Waals surface area contributed by atoms with Crippen LogP contribution in [0.3, 0.4) is 0 Å². The van der Waals surface area contributed by atoms with Crippen molar-refractivity contribution < 1.29 is 13.6 Å². The first-order valence-electron chi connectivity index (χ1n) is 7.49. The average Bonchev–Trinajstić information content (AvgIpc) is 2.54. The average molecular weight is 318 g/mol. The van der Waals surface area contributed by atoms with Gasteiger partial charge in [-0.15, -0.1) is 0 Å². The number of hydrogen-bond donors (Lipinski definition) is 0. The van der Waals surface area contributed by atoms with Crippen molar-refractivity contribution in [1.29, 1.82) is 0 Å². The Hall–Kier alpha value is -2.43. The maximum absolute atomic E-state index is 13.7. The minimum Gasteiger partial charge on any atom is -0.362 e. The third-order valence-electron chi connectivity index (χ3n) is 3.67. The molecular weight excluding hydrogens is 298 g/mol. The molecule has 2 aromatic carbocycles. The van der Waals surface area contributed by atoms with E-state index in [1.165, 1.54) is 23.1 Å². The first kappa shape index (κ1) is 16.9. The van der Waals surface area contributed by atoms with Crippen molar-refractivity contribution >= 4 is 11.6 Å². The van der Waals surface area contributed by atoms with Gasteiger partial charge in [0.2, 0.25) is 5.91 Å². The van der Waals surface area contributed by atoms with Crippen molar-refractivity contribution in [2.24, 2.45) is 0 Å². The van der Waals surface area contributed by atoms with E-state index >= 15 is 0 Å². The fourth-order valence-corrected chi connectivity index (χ4v) is 2.31. The summed E-state index contributed by atoms with van der Waals surface area (Å²) < 4.78 is 27.0. The molecule has 0 aromatic heterocycles. The zero-order valence-corrected chi connectivity index (χ0v) is 13.3. The Bertz CT molecular complexity index is 676. The summed E-state index contributed by atoms with van der Waals surface area (Å²) in [7, 11) is 1.63. The lowest BCUT2D eigenvalue weighted by Gasteiger charge is -2.26. The van der Waals surface area contributed by atoms with Gasteiger partial charge in [0, 0.05) is 31.4 Å². The third kappa shape index (κ3) is 4.52. The van der Waals surface area contributed by atoms with E-state index in [2.05, 4.69) is 0 Å². The van der Waals surface area contributed by atoms with Gasteiger partial charge in [0.25, 0.3) is 0 Å². The van der Waals surface area contributed by atoms with E-state index < -0.39 is 0 Å². The molecule has 0 saturated heterocycles. The highest BCUT2D eigenvalue weighted by Crippen LogP contribution is 2.16. The van der Waals surface area contributed by atoms with E-state index in [4.69, 9.17) is 0 Å². The molecule has 0 saturated carbocycles. The van der Waals surface area contributed by atoms with E-state index in [1.54, 1.807) is 42.3 Å². The van der Waals surface area contributed by atoms with Gasteiger partial charge in [-0.05, 0) is 31.2 Å². The molecule has 5 heteroatoms. The van der Waals surface area contributed by atoms with Crippen LogP contribution in [0.4, 0.5) is 14.5 Å². The molecule has 2 aromatic rings. The van der Waals surface area contributed by atoms with Gasteiger partial charge in [-0.2, -0.15) is 0 Å². The normalized spacial score (nSPS) is 10.4. The van der Waals surface area contributed by atoms with Crippen molar-refractivity contribution in [2.45, 2.75) is 13.5 Å². The monoisotopic (exact) mass is 318 g/mol. The van der Waals surface area contributed by atoms with Gasteiger partial charge in [0.15, 0.2) is 0 Å². The fraction of sp³-hybridized carbons (Fsp3) is 0.278. The SMILES string of the molecule is CCN(CC(=O)N(C)Cc1ccccc1F)c1cccc(F)c1. The number of hydrogen-bond acceptors (Lipinski definition) is 2. The summed E-state index contributed by atoms with van der Waals surface area (Å²) in [6.45, 7) is 2.79. The molecule has 0 N–H and O–H groups in total. The Morgan fingerprint density at radius 1 is 1.09 bits per heavy atom. The second-order valence-electron chi connectivity index (χ2n) is 5.34. The maximum Gasteiger partial charge on any atom is 0.242 e. The first-order valence-corrected chi connectivity index (χ1v) is 7.49. The maximum atomic E-state index is 13.7. The van der Waals surface area contributed by atoms with E-state index in [-0.39, 0.29) is 30.6 Å². The minimum absolute atomic E-state index is 0.116. The van der Waals surface area contributed by atoms with Crippen LogP contribution in [0.25, 0.3) is 0 Å². The topological polar surface area (TPSA) is 23.6 Å². The smallest absolute Gasteiger partial charge is 0.242 e. The van der Waals surface area contributed by atoms with Crippen molar-refractivity contribution in [3.8, 4) is 0 Å². The third-order valence-corrected chi connectivity index (χ3v) is 3.67. The molecule has 0 heterocycles. The molecule has 3 nitrogen and oxygen atoms in total. The molecule has 0 aliphatic rings.